The number of carboxylic acids is 1. The molecule has 0 radical (unpaired) electrons. The maximum Gasteiger partial charge on any atom is 0.335 e. The normalized spacial score (nSPS) is 17.4. The molecule has 7 heteroatoms. The highest BCUT2D eigenvalue weighted by atomic mass is 16.4. The minimum absolute atomic E-state index is 0.0810. The van der Waals surface area contributed by atoms with E-state index in [1.165, 1.54) is 29.2 Å². The Bertz CT molecular complexity index is 555. The summed E-state index contributed by atoms with van der Waals surface area (Å²) in [6, 6.07) is 5.20. The Kier molecular flexibility index (Phi) is 4.54. The van der Waals surface area contributed by atoms with Crippen LogP contribution in [-0.2, 0) is 9.59 Å². The molecule has 1 aromatic rings. The minimum Gasteiger partial charge on any atom is -0.478 e. The fourth-order valence-electron chi connectivity index (χ4n) is 2.24. The van der Waals surface area contributed by atoms with Gasteiger partial charge >= 0.3 is 5.97 Å². The summed E-state index contributed by atoms with van der Waals surface area (Å²) in [5.74, 6) is -1.53. The van der Waals surface area contributed by atoms with Gasteiger partial charge in [0.15, 0.2) is 0 Å². The number of hydrogen-bond donors (Lipinski definition) is 3. The lowest BCUT2D eigenvalue weighted by molar-refractivity contribution is -0.124. The van der Waals surface area contributed by atoms with Crippen molar-refractivity contribution in [1.29, 1.82) is 0 Å². The highest BCUT2D eigenvalue weighted by Gasteiger charge is 2.31. The van der Waals surface area contributed by atoms with E-state index in [1.807, 2.05) is 0 Å². The van der Waals surface area contributed by atoms with Crippen LogP contribution < -0.4 is 10.2 Å². The van der Waals surface area contributed by atoms with E-state index >= 15 is 0 Å². The van der Waals surface area contributed by atoms with Crippen molar-refractivity contribution < 1.29 is 24.6 Å². The second-order valence-electron chi connectivity index (χ2n) is 4.72. The molecule has 1 atom stereocenters. The average molecular weight is 292 g/mol. The number of nitrogens with zero attached hydrogens (tertiary/aromatic N) is 1. The standard InChI is InChI=1S/C14H16N2O5/c17-8-7-16(13(19)11-5-6-12(18)15-11)10-3-1-9(2-4-10)14(20)21/h1-4,11,17H,5-8H2,(H,15,18)(H,20,21)/t11-/m1/s1. The van der Waals surface area contributed by atoms with Crippen LogP contribution in [0.25, 0.3) is 0 Å². The molecular formula is C14H16N2O5. The third kappa shape index (κ3) is 3.38. The molecule has 1 saturated heterocycles. The first-order valence-corrected chi connectivity index (χ1v) is 6.58. The van der Waals surface area contributed by atoms with Gasteiger partial charge in [-0.05, 0) is 30.7 Å². The Morgan fingerprint density at radius 3 is 2.43 bits per heavy atom. The Morgan fingerprint density at radius 2 is 1.95 bits per heavy atom. The van der Waals surface area contributed by atoms with Crippen molar-refractivity contribution in [3.63, 3.8) is 0 Å². The van der Waals surface area contributed by atoms with Gasteiger partial charge in [-0.3, -0.25) is 9.59 Å². The van der Waals surface area contributed by atoms with Crippen molar-refractivity contribution in [2.24, 2.45) is 0 Å². The van der Waals surface area contributed by atoms with E-state index in [2.05, 4.69) is 5.32 Å². The summed E-state index contributed by atoms with van der Waals surface area (Å²) in [5, 5.41) is 20.6. The quantitative estimate of drug-likeness (QED) is 0.707. The maximum absolute atomic E-state index is 12.4. The van der Waals surface area contributed by atoms with Crippen molar-refractivity contribution in [2.75, 3.05) is 18.1 Å². The summed E-state index contributed by atoms with van der Waals surface area (Å²) in [4.78, 5) is 35.8. The van der Waals surface area contributed by atoms with Gasteiger partial charge in [0.2, 0.25) is 11.8 Å². The van der Waals surface area contributed by atoms with Gasteiger partial charge in [-0.15, -0.1) is 0 Å². The molecule has 0 saturated carbocycles. The van der Waals surface area contributed by atoms with Gasteiger partial charge in [-0.25, -0.2) is 4.79 Å². The van der Waals surface area contributed by atoms with Gasteiger partial charge in [0, 0.05) is 18.7 Å². The lowest BCUT2D eigenvalue weighted by Crippen LogP contribution is -2.45. The molecule has 0 bridgehead atoms. The first-order chi connectivity index (χ1) is 10.0. The SMILES string of the molecule is O=C1CC[C@H](C(=O)N(CCO)c2ccc(C(=O)O)cc2)N1. The van der Waals surface area contributed by atoms with Crippen LogP contribution >= 0.6 is 0 Å². The highest BCUT2D eigenvalue weighted by Crippen LogP contribution is 2.19. The number of rotatable bonds is 5. The van der Waals surface area contributed by atoms with Gasteiger partial charge in [0.1, 0.15) is 6.04 Å². The Morgan fingerprint density at radius 1 is 1.29 bits per heavy atom. The molecule has 2 rings (SSSR count). The zero-order chi connectivity index (χ0) is 15.4. The molecule has 0 aromatic heterocycles. The first kappa shape index (κ1) is 15.0. The molecule has 1 aromatic carbocycles. The number of aromatic carboxylic acids is 1. The molecule has 1 fully saturated rings. The third-order valence-electron chi connectivity index (χ3n) is 3.31. The van der Waals surface area contributed by atoms with Crippen molar-refractivity contribution >= 4 is 23.5 Å². The van der Waals surface area contributed by atoms with Crippen LogP contribution in [-0.4, -0.2) is 47.2 Å². The lowest BCUT2D eigenvalue weighted by atomic mass is 10.1. The number of aliphatic hydroxyl groups is 1. The number of nitrogens with one attached hydrogen (secondary N) is 1. The highest BCUT2D eigenvalue weighted by molar-refractivity contribution is 6.01. The molecular weight excluding hydrogens is 276 g/mol. The van der Waals surface area contributed by atoms with E-state index in [9.17, 15) is 14.4 Å². The Balaban J connectivity index is 2.19. The zero-order valence-electron chi connectivity index (χ0n) is 11.3. The van der Waals surface area contributed by atoms with E-state index in [4.69, 9.17) is 10.2 Å². The van der Waals surface area contributed by atoms with Crippen molar-refractivity contribution in [3.8, 4) is 0 Å². The van der Waals surface area contributed by atoms with Crippen LogP contribution in [0, 0.1) is 0 Å². The second kappa shape index (κ2) is 6.36. The number of carboxylic acid groups (broad SMARTS) is 1. The Labute approximate surface area is 121 Å². The first-order valence-electron chi connectivity index (χ1n) is 6.58. The van der Waals surface area contributed by atoms with E-state index in [1.54, 1.807) is 0 Å². The predicted octanol–water partition coefficient (Wildman–Crippen LogP) is -0.0113. The number of carbonyl (C=O) groups excluding carboxylic acids is 2. The molecule has 1 aliphatic heterocycles. The van der Waals surface area contributed by atoms with Crippen LogP contribution in [0.5, 0.6) is 0 Å². The summed E-state index contributed by atoms with van der Waals surface area (Å²) >= 11 is 0. The van der Waals surface area contributed by atoms with Crippen LogP contribution in [0.3, 0.4) is 0 Å². The molecule has 0 aliphatic carbocycles. The van der Waals surface area contributed by atoms with Crippen LogP contribution in [0.4, 0.5) is 5.69 Å². The molecule has 0 unspecified atom stereocenters. The van der Waals surface area contributed by atoms with Crippen molar-refractivity contribution in [3.05, 3.63) is 29.8 Å². The fraction of sp³-hybridized carbons (Fsp3) is 0.357. The number of benzene rings is 1. The van der Waals surface area contributed by atoms with Crippen LogP contribution in [0.15, 0.2) is 24.3 Å². The van der Waals surface area contributed by atoms with Gasteiger partial charge in [-0.1, -0.05) is 0 Å². The molecule has 1 heterocycles. The maximum atomic E-state index is 12.4. The Hall–Kier alpha value is -2.41. The van der Waals surface area contributed by atoms with Crippen molar-refractivity contribution in [1.82, 2.24) is 5.32 Å². The number of carbonyl (C=O) groups is 3. The third-order valence-corrected chi connectivity index (χ3v) is 3.31. The minimum atomic E-state index is -1.05. The summed E-state index contributed by atoms with van der Waals surface area (Å²) in [7, 11) is 0. The number of hydrogen-bond acceptors (Lipinski definition) is 4. The summed E-state index contributed by atoms with van der Waals surface area (Å²) in [5.41, 5.74) is 0.601. The number of aliphatic hydroxyl groups excluding tert-OH is 1. The number of anilines is 1. The van der Waals surface area contributed by atoms with Crippen LogP contribution in [0.1, 0.15) is 23.2 Å². The molecule has 0 spiro atoms. The zero-order valence-corrected chi connectivity index (χ0v) is 11.3. The second-order valence-corrected chi connectivity index (χ2v) is 4.72. The molecule has 1 aliphatic rings. The molecule has 21 heavy (non-hydrogen) atoms. The predicted molar refractivity (Wildman–Crippen MR) is 74.0 cm³/mol. The fourth-order valence-corrected chi connectivity index (χ4v) is 2.24. The van der Waals surface area contributed by atoms with E-state index in [-0.39, 0.29) is 30.5 Å². The summed E-state index contributed by atoms with van der Waals surface area (Å²) < 4.78 is 0. The summed E-state index contributed by atoms with van der Waals surface area (Å²) in [6.07, 6.45) is 0.730. The van der Waals surface area contributed by atoms with Gasteiger partial charge in [-0.2, -0.15) is 0 Å². The molecule has 7 nitrogen and oxygen atoms in total. The number of amides is 2. The van der Waals surface area contributed by atoms with Gasteiger partial charge in [0.25, 0.3) is 0 Å². The van der Waals surface area contributed by atoms with Gasteiger partial charge < -0.3 is 20.4 Å². The largest absolute Gasteiger partial charge is 0.478 e. The molecule has 2 amide bonds. The van der Waals surface area contributed by atoms with E-state index in [0.29, 0.717) is 18.5 Å². The molecule has 112 valence electrons. The lowest BCUT2D eigenvalue weighted by Gasteiger charge is -2.25. The van der Waals surface area contributed by atoms with Gasteiger partial charge in [0.05, 0.1) is 12.2 Å². The smallest absolute Gasteiger partial charge is 0.335 e. The average Bonchev–Trinajstić information content (AvgIpc) is 2.91. The van der Waals surface area contributed by atoms with Crippen molar-refractivity contribution in [2.45, 2.75) is 18.9 Å². The topological polar surface area (TPSA) is 107 Å². The van der Waals surface area contributed by atoms with Crippen LogP contribution in [0.2, 0.25) is 0 Å². The monoisotopic (exact) mass is 292 g/mol. The van der Waals surface area contributed by atoms with E-state index in [0.717, 1.165) is 0 Å². The molecule has 3 N–H and O–H groups in total. The van der Waals surface area contributed by atoms with E-state index < -0.39 is 12.0 Å². The summed E-state index contributed by atoms with van der Waals surface area (Å²) in [6.45, 7) is -0.148.